The van der Waals surface area contributed by atoms with Crippen molar-refractivity contribution in [3.05, 3.63) is 32.8 Å². The van der Waals surface area contributed by atoms with Crippen LogP contribution < -0.4 is 4.74 Å². The van der Waals surface area contributed by atoms with E-state index in [9.17, 15) is 10.1 Å². The quantitative estimate of drug-likeness (QED) is 0.414. The molecule has 0 aromatic heterocycles. The van der Waals surface area contributed by atoms with Gasteiger partial charge in [0, 0.05) is 16.8 Å². The molecule has 1 aliphatic rings. The summed E-state index contributed by atoms with van der Waals surface area (Å²) in [5.74, 6) is 0.543. The molecule has 104 valence electrons. The highest BCUT2D eigenvalue weighted by atomic mass is 79.9. The third-order valence-electron chi connectivity index (χ3n) is 3.62. The first-order valence-corrected chi connectivity index (χ1v) is 8.11. The Morgan fingerprint density at radius 3 is 2.63 bits per heavy atom. The first-order valence-electron chi connectivity index (χ1n) is 6.20. The van der Waals surface area contributed by atoms with Gasteiger partial charge < -0.3 is 4.74 Å². The monoisotopic (exact) mass is 391 g/mol. The molecule has 0 heterocycles. The van der Waals surface area contributed by atoms with E-state index in [0.717, 1.165) is 18.2 Å². The minimum Gasteiger partial charge on any atom is -0.492 e. The van der Waals surface area contributed by atoms with E-state index in [-0.39, 0.29) is 11.1 Å². The van der Waals surface area contributed by atoms with Gasteiger partial charge in [0.1, 0.15) is 10.2 Å². The second-order valence-corrected chi connectivity index (χ2v) is 6.33. The molecule has 19 heavy (non-hydrogen) atoms. The number of hydrogen-bond acceptors (Lipinski definition) is 3. The molecular formula is C13H15Br2NO3. The van der Waals surface area contributed by atoms with E-state index in [1.807, 2.05) is 0 Å². The Morgan fingerprint density at radius 2 is 2.05 bits per heavy atom. The van der Waals surface area contributed by atoms with Gasteiger partial charge in [-0.15, -0.1) is 0 Å². The standard InChI is InChI=1S/C13H15Br2NO3/c14-8-13(6-1-2-7-13)9-19-11-5-3-4-10(12(11)15)16(17)18/h3-5H,1-2,6-9H2. The van der Waals surface area contributed by atoms with Crippen LogP contribution in [-0.2, 0) is 0 Å². The van der Waals surface area contributed by atoms with Gasteiger partial charge in [0.15, 0.2) is 0 Å². The van der Waals surface area contributed by atoms with Crippen LogP contribution in [0, 0.1) is 15.5 Å². The summed E-state index contributed by atoms with van der Waals surface area (Å²) < 4.78 is 6.24. The number of rotatable bonds is 5. The normalized spacial score (nSPS) is 17.4. The summed E-state index contributed by atoms with van der Waals surface area (Å²) in [5.41, 5.74) is 0.209. The molecule has 0 N–H and O–H groups in total. The lowest BCUT2D eigenvalue weighted by molar-refractivity contribution is -0.385. The SMILES string of the molecule is O=[N+]([O-])c1cccc(OCC2(CBr)CCCC2)c1Br. The van der Waals surface area contributed by atoms with Crippen LogP contribution in [0.3, 0.4) is 0 Å². The molecule has 2 rings (SSSR count). The number of hydrogen-bond donors (Lipinski definition) is 0. The Kier molecular flexibility index (Phi) is 4.84. The average Bonchev–Trinajstić information content (AvgIpc) is 2.87. The molecule has 0 amide bonds. The number of halogens is 2. The number of nitro groups is 1. The molecule has 0 atom stereocenters. The van der Waals surface area contributed by atoms with Crippen LogP contribution in [-0.4, -0.2) is 16.9 Å². The molecule has 1 aromatic rings. The van der Waals surface area contributed by atoms with Gasteiger partial charge in [0.25, 0.3) is 5.69 Å². The topological polar surface area (TPSA) is 52.4 Å². The van der Waals surface area contributed by atoms with Crippen LogP contribution in [0.15, 0.2) is 22.7 Å². The van der Waals surface area contributed by atoms with E-state index in [1.54, 1.807) is 12.1 Å². The van der Waals surface area contributed by atoms with Crippen LogP contribution in [0.4, 0.5) is 5.69 Å². The van der Waals surface area contributed by atoms with Gasteiger partial charge in [0.05, 0.1) is 11.5 Å². The van der Waals surface area contributed by atoms with Crippen molar-refractivity contribution >= 4 is 37.5 Å². The summed E-state index contributed by atoms with van der Waals surface area (Å²) in [6, 6.07) is 4.87. The fourth-order valence-corrected chi connectivity index (χ4v) is 3.67. The van der Waals surface area contributed by atoms with Crippen molar-refractivity contribution in [3.8, 4) is 5.75 Å². The first kappa shape index (κ1) is 14.8. The van der Waals surface area contributed by atoms with E-state index in [2.05, 4.69) is 31.9 Å². The number of nitrogens with zero attached hydrogens (tertiary/aromatic N) is 1. The van der Waals surface area contributed by atoms with Crippen LogP contribution in [0.2, 0.25) is 0 Å². The third kappa shape index (κ3) is 3.28. The molecule has 4 nitrogen and oxygen atoms in total. The molecule has 0 bridgehead atoms. The van der Waals surface area contributed by atoms with Crippen molar-refractivity contribution in [1.29, 1.82) is 0 Å². The highest BCUT2D eigenvalue weighted by Crippen LogP contribution is 2.41. The number of benzene rings is 1. The summed E-state index contributed by atoms with van der Waals surface area (Å²) in [6.45, 7) is 0.595. The van der Waals surface area contributed by atoms with Gasteiger partial charge in [0.2, 0.25) is 0 Å². The lowest BCUT2D eigenvalue weighted by atomic mass is 9.90. The van der Waals surface area contributed by atoms with E-state index in [1.165, 1.54) is 18.9 Å². The molecule has 0 unspecified atom stereocenters. The summed E-state index contributed by atoms with van der Waals surface area (Å²) in [7, 11) is 0. The second kappa shape index (κ2) is 6.22. The van der Waals surface area contributed by atoms with Crippen LogP contribution in [0.5, 0.6) is 5.75 Å². The zero-order valence-corrected chi connectivity index (χ0v) is 13.6. The number of nitro benzene ring substituents is 1. The summed E-state index contributed by atoms with van der Waals surface area (Å²) >= 11 is 6.82. The van der Waals surface area contributed by atoms with E-state index in [4.69, 9.17) is 4.74 Å². The molecule has 1 aliphatic carbocycles. The van der Waals surface area contributed by atoms with Crippen molar-refractivity contribution in [2.75, 3.05) is 11.9 Å². The number of ether oxygens (including phenoxy) is 1. The minimum absolute atomic E-state index is 0.0387. The molecule has 6 heteroatoms. The van der Waals surface area contributed by atoms with Crippen molar-refractivity contribution in [1.82, 2.24) is 0 Å². The largest absolute Gasteiger partial charge is 0.492 e. The Hall–Kier alpha value is -0.620. The Labute approximate surface area is 128 Å². The lowest BCUT2D eigenvalue weighted by Crippen LogP contribution is -2.27. The zero-order chi connectivity index (χ0) is 13.9. The fraction of sp³-hybridized carbons (Fsp3) is 0.538. The van der Waals surface area contributed by atoms with Crippen LogP contribution in [0.1, 0.15) is 25.7 Å². The van der Waals surface area contributed by atoms with Gasteiger partial charge in [-0.05, 0) is 34.8 Å². The van der Waals surface area contributed by atoms with E-state index in [0.29, 0.717) is 16.8 Å². The maximum absolute atomic E-state index is 10.9. The Balaban J connectivity index is 2.11. The van der Waals surface area contributed by atoms with Gasteiger partial charge in [-0.3, -0.25) is 10.1 Å². The molecule has 0 aliphatic heterocycles. The highest BCUT2D eigenvalue weighted by molar-refractivity contribution is 9.10. The maximum Gasteiger partial charge on any atom is 0.287 e. The van der Waals surface area contributed by atoms with E-state index < -0.39 is 4.92 Å². The van der Waals surface area contributed by atoms with Crippen molar-refractivity contribution in [2.24, 2.45) is 5.41 Å². The first-order chi connectivity index (χ1) is 9.08. The minimum atomic E-state index is -0.410. The lowest BCUT2D eigenvalue weighted by Gasteiger charge is -2.26. The Morgan fingerprint density at radius 1 is 1.37 bits per heavy atom. The predicted molar refractivity (Wildman–Crippen MR) is 81.0 cm³/mol. The second-order valence-electron chi connectivity index (χ2n) is 4.98. The fourth-order valence-electron chi connectivity index (χ4n) is 2.42. The summed E-state index contributed by atoms with van der Waals surface area (Å²) in [4.78, 5) is 10.5. The average molecular weight is 393 g/mol. The molecule has 0 radical (unpaired) electrons. The van der Waals surface area contributed by atoms with Gasteiger partial charge in [-0.25, -0.2) is 0 Å². The Bertz CT molecular complexity index is 473. The van der Waals surface area contributed by atoms with Crippen molar-refractivity contribution in [2.45, 2.75) is 25.7 Å². The summed E-state index contributed by atoms with van der Waals surface area (Å²) in [5, 5.41) is 11.8. The van der Waals surface area contributed by atoms with Gasteiger partial charge in [-0.2, -0.15) is 0 Å². The van der Waals surface area contributed by atoms with Crippen molar-refractivity contribution in [3.63, 3.8) is 0 Å². The molecule has 1 saturated carbocycles. The number of alkyl halides is 1. The van der Waals surface area contributed by atoms with Crippen LogP contribution in [0.25, 0.3) is 0 Å². The molecule has 0 spiro atoms. The molecule has 1 fully saturated rings. The molecular weight excluding hydrogens is 378 g/mol. The molecule has 0 saturated heterocycles. The van der Waals surface area contributed by atoms with Crippen LogP contribution >= 0.6 is 31.9 Å². The third-order valence-corrected chi connectivity index (χ3v) is 5.61. The smallest absolute Gasteiger partial charge is 0.287 e. The van der Waals surface area contributed by atoms with Gasteiger partial charge in [-0.1, -0.05) is 34.8 Å². The molecule has 1 aromatic carbocycles. The van der Waals surface area contributed by atoms with Crippen molar-refractivity contribution < 1.29 is 9.66 Å². The van der Waals surface area contributed by atoms with E-state index >= 15 is 0 Å². The summed E-state index contributed by atoms with van der Waals surface area (Å²) in [6.07, 6.45) is 4.74. The predicted octanol–water partition coefficient (Wildman–Crippen LogP) is 4.69. The maximum atomic E-state index is 10.9. The van der Waals surface area contributed by atoms with Gasteiger partial charge >= 0.3 is 0 Å². The zero-order valence-electron chi connectivity index (χ0n) is 10.4. The highest BCUT2D eigenvalue weighted by Gasteiger charge is 2.34.